The van der Waals surface area contributed by atoms with Crippen LogP contribution in [0.15, 0.2) is 73.3 Å². The van der Waals surface area contributed by atoms with Crippen LogP contribution in [0.4, 0.5) is 0 Å². The monoisotopic (exact) mass is 607 g/mol. The number of hydrogen-bond acceptors (Lipinski definition) is 1. The van der Waals surface area contributed by atoms with Crippen LogP contribution in [-0.4, -0.2) is 14.1 Å². The molecule has 0 radical (unpaired) electrons. The van der Waals surface area contributed by atoms with Crippen molar-refractivity contribution in [2.24, 2.45) is 0 Å². The first kappa shape index (κ1) is 29.3. The van der Waals surface area contributed by atoms with E-state index in [2.05, 4.69) is 137 Å². The third-order valence-electron chi connectivity index (χ3n) is 6.52. The Hall–Kier alpha value is -2.25. The van der Waals surface area contributed by atoms with Crippen molar-refractivity contribution in [3.63, 3.8) is 0 Å². The predicted molar refractivity (Wildman–Crippen MR) is 154 cm³/mol. The quantitative estimate of drug-likeness (QED) is 0.200. The molecule has 3 nitrogen and oxygen atoms in total. The van der Waals surface area contributed by atoms with Gasteiger partial charge in [-0.05, 0) is 12.1 Å². The summed E-state index contributed by atoms with van der Waals surface area (Å²) in [4.78, 5) is 3.75. The van der Waals surface area contributed by atoms with Gasteiger partial charge in [-0.25, -0.2) is 0 Å². The number of halogens is 1. The van der Waals surface area contributed by atoms with Crippen LogP contribution in [0.5, 0.6) is 0 Å². The molecule has 0 saturated heterocycles. The molecule has 0 atom stereocenters. The number of hydrogen-bond donors (Lipinski definition) is 0. The van der Waals surface area contributed by atoms with E-state index >= 15 is 0 Å². The van der Waals surface area contributed by atoms with Gasteiger partial charge in [0.2, 0.25) is 0 Å². The van der Waals surface area contributed by atoms with Crippen LogP contribution >= 0.6 is 11.6 Å². The van der Waals surface area contributed by atoms with E-state index in [-0.39, 0.29) is 0 Å². The van der Waals surface area contributed by atoms with Gasteiger partial charge in [0.1, 0.15) is 0 Å². The average molecular weight is 609 g/mol. The summed E-state index contributed by atoms with van der Waals surface area (Å²) in [6, 6.07) is 17.1. The molecule has 0 saturated carbocycles. The Morgan fingerprint density at radius 1 is 0.622 bits per heavy atom. The largest absolute Gasteiger partial charge is 0.263 e. The number of nitrogens with zero attached hydrogens (tertiary/aromatic N) is 3. The van der Waals surface area contributed by atoms with Crippen molar-refractivity contribution in [1.29, 1.82) is 0 Å². The van der Waals surface area contributed by atoms with Gasteiger partial charge in [0, 0.05) is 12.4 Å². The zero-order valence-electron chi connectivity index (χ0n) is 23.3. The summed E-state index contributed by atoms with van der Waals surface area (Å²) in [6.45, 7) is 18.2. The van der Waals surface area contributed by atoms with E-state index in [4.69, 9.17) is 11.6 Å². The van der Waals surface area contributed by atoms with Crippen molar-refractivity contribution in [3.8, 4) is 11.4 Å². The van der Waals surface area contributed by atoms with E-state index in [1.807, 2.05) is 0 Å². The third kappa shape index (κ3) is 6.80. The van der Waals surface area contributed by atoms with E-state index in [1.165, 1.54) is 33.6 Å². The smallest absolute Gasteiger partial charge is 0.0589 e. The average Bonchev–Trinajstić information content (AvgIpc) is 3.24. The molecular weight excluding hydrogens is 568 g/mol. The fraction of sp³-hybridized carbons (Fsp3) is 0.375. The third-order valence-corrected chi connectivity index (χ3v) is 7.50. The van der Waals surface area contributed by atoms with Gasteiger partial charge in [0.15, 0.2) is 0 Å². The van der Waals surface area contributed by atoms with Gasteiger partial charge in [0.05, 0.1) is 5.02 Å². The molecule has 2 heterocycles. The number of aromatic nitrogens is 3. The van der Waals surface area contributed by atoms with Crippen molar-refractivity contribution in [3.05, 3.63) is 104 Å². The molecule has 4 aromatic rings. The van der Waals surface area contributed by atoms with Crippen LogP contribution in [0.25, 0.3) is 11.4 Å². The van der Waals surface area contributed by atoms with Crippen molar-refractivity contribution in [2.45, 2.75) is 79.1 Å². The van der Waals surface area contributed by atoms with Gasteiger partial charge in [-0.2, -0.15) is 0 Å². The molecule has 0 aliphatic rings. The van der Waals surface area contributed by atoms with E-state index < -0.39 is 0 Å². The van der Waals surface area contributed by atoms with Crippen LogP contribution in [0.1, 0.15) is 101 Å². The first-order valence-corrected chi connectivity index (χ1v) is 14.3. The normalized spacial score (nSPS) is 11.4. The molecule has 2 aromatic carbocycles. The van der Waals surface area contributed by atoms with E-state index in [0.717, 1.165) is 3.89 Å². The summed E-state index contributed by atoms with van der Waals surface area (Å²) in [7, 11) is 0. The first-order valence-electron chi connectivity index (χ1n) is 13.1. The molecule has 0 fully saturated rings. The van der Waals surface area contributed by atoms with Gasteiger partial charge in [0.25, 0.3) is 0 Å². The minimum atomic E-state index is 0.458. The second kappa shape index (κ2) is 13.0. The molecule has 0 N–H and O–H groups in total. The maximum Gasteiger partial charge on any atom is 0.0589 e. The fourth-order valence-electron chi connectivity index (χ4n) is 4.60. The molecule has 0 bridgehead atoms. The van der Waals surface area contributed by atoms with E-state index in [1.54, 1.807) is 24.5 Å². The molecule has 0 unspecified atom stereocenters. The molecule has 0 aliphatic carbocycles. The van der Waals surface area contributed by atoms with E-state index in [9.17, 15) is 0 Å². The first-order chi connectivity index (χ1) is 17.5. The Morgan fingerprint density at radius 2 is 1.00 bits per heavy atom. The molecule has 0 amide bonds. The van der Waals surface area contributed by atoms with Crippen molar-refractivity contribution in [1.82, 2.24) is 14.1 Å². The van der Waals surface area contributed by atoms with Crippen LogP contribution in [0, 0.1) is 3.89 Å². The summed E-state index contributed by atoms with van der Waals surface area (Å²) in [5.74, 6) is 1.83. The molecule has 4 rings (SSSR count). The maximum absolute atomic E-state index is 5.48. The van der Waals surface area contributed by atoms with Gasteiger partial charge >= 0.3 is 193 Å². The summed E-state index contributed by atoms with van der Waals surface area (Å²) >= 11 is 9.11. The van der Waals surface area contributed by atoms with Crippen molar-refractivity contribution in [2.75, 3.05) is 0 Å². The Balaban J connectivity index is 0.000000468. The number of rotatable bonds is 6. The maximum atomic E-state index is 5.48. The molecule has 5 heteroatoms. The number of benzene rings is 2. The topological polar surface area (TPSA) is 22.8 Å². The number of imidazole rings is 1. The zero-order valence-corrected chi connectivity index (χ0v) is 25.6. The second-order valence-electron chi connectivity index (χ2n) is 10.6. The Morgan fingerprint density at radius 3 is 1.24 bits per heavy atom. The van der Waals surface area contributed by atoms with Gasteiger partial charge < -0.3 is 0 Å². The molecule has 2 aromatic heterocycles. The summed E-state index contributed by atoms with van der Waals surface area (Å²) in [5.41, 5.74) is 8.18. The van der Waals surface area contributed by atoms with Crippen LogP contribution in [0.3, 0.4) is 0 Å². The van der Waals surface area contributed by atoms with Crippen molar-refractivity contribution >= 4 is 11.6 Å². The van der Waals surface area contributed by atoms with Crippen LogP contribution in [-0.2, 0) is 18.7 Å². The molecule has 200 valence electrons. The molecule has 0 aliphatic heterocycles. The zero-order chi connectivity index (χ0) is 27.3. The summed E-state index contributed by atoms with van der Waals surface area (Å²) in [6.07, 6.45) is 7.72. The van der Waals surface area contributed by atoms with Gasteiger partial charge in [-0.15, -0.1) is 0 Å². The molecule has 37 heavy (non-hydrogen) atoms. The summed E-state index contributed by atoms with van der Waals surface area (Å²) in [5, 5.41) is 0.683. The molecule has 0 spiro atoms. The fourth-order valence-corrected chi connectivity index (χ4v) is 5.31. The SMILES string of the molecule is CC(C)c1cccc(C(C)C)c1-n1ccn(-c2c(C(C)C)cccc2C(C)C)[c]1=[Pd].Clc1cccnc1. The number of pyridine rings is 1. The van der Waals surface area contributed by atoms with Crippen molar-refractivity contribution < 1.29 is 18.7 Å². The Labute approximate surface area is 238 Å². The van der Waals surface area contributed by atoms with E-state index in [0.29, 0.717) is 28.7 Å². The van der Waals surface area contributed by atoms with Gasteiger partial charge in [-0.3, -0.25) is 4.98 Å². The Bertz CT molecular complexity index is 1230. The second-order valence-corrected chi connectivity index (χ2v) is 11.8. The Kier molecular flexibility index (Phi) is 10.3. The minimum absolute atomic E-state index is 0.458. The standard InChI is InChI=1S/C27H36N2.C5H4ClN.Pd/c1-18(2)22-11-9-12-23(19(3)4)26(22)28-15-16-29(17-28)27-24(20(5)6)13-10-14-25(27)21(7)8;6-5-2-1-3-7-4-5;/h9-16,18-21H,1-8H3;1-4H;. The van der Waals surface area contributed by atoms with Gasteiger partial charge in [-0.1, -0.05) is 11.6 Å². The minimum Gasteiger partial charge on any atom is -0.263 e. The van der Waals surface area contributed by atoms with Crippen LogP contribution in [0.2, 0.25) is 5.02 Å². The van der Waals surface area contributed by atoms with Crippen LogP contribution < -0.4 is 0 Å². The number of para-hydroxylation sites is 2. The predicted octanol–water partition coefficient (Wildman–Crippen LogP) is 9.58. The summed E-state index contributed by atoms with van der Waals surface area (Å²) < 4.78 is 5.78. The molecular formula is C32H40ClN3Pd.